The molecule has 2 aromatic carbocycles. The third kappa shape index (κ3) is 2.74. The van der Waals surface area contributed by atoms with Crippen molar-refractivity contribution in [1.29, 1.82) is 0 Å². The second-order valence-corrected chi connectivity index (χ2v) is 7.01. The number of carbonyl (C=O) groups excluding carboxylic acids is 1. The molecule has 0 bridgehead atoms. The Morgan fingerprint density at radius 3 is 2.89 bits per heavy atom. The van der Waals surface area contributed by atoms with Crippen molar-refractivity contribution in [2.45, 2.75) is 5.16 Å². The minimum atomic E-state index is -0.340. The number of thioether (sulfide) groups is 1. The van der Waals surface area contributed by atoms with E-state index in [9.17, 15) is 9.18 Å². The summed E-state index contributed by atoms with van der Waals surface area (Å²) in [6.07, 6.45) is 1.72. The van der Waals surface area contributed by atoms with E-state index in [4.69, 9.17) is 0 Å². The highest BCUT2D eigenvalue weighted by molar-refractivity contribution is 7.99. The summed E-state index contributed by atoms with van der Waals surface area (Å²) in [4.78, 5) is 23.2. The zero-order valence-corrected chi connectivity index (χ0v) is 14.7. The highest BCUT2D eigenvalue weighted by Gasteiger charge is 2.15. The molecule has 0 aliphatic carbocycles. The molecule has 2 N–H and O–H groups in total. The molecule has 6 nitrogen and oxygen atoms in total. The van der Waals surface area contributed by atoms with Gasteiger partial charge in [-0.1, -0.05) is 30.0 Å². The van der Waals surface area contributed by atoms with Crippen LogP contribution in [0.25, 0.3) is 33.0 Å². The van der Waals surface area contributed by atoms with Crippen molar-refractivity contribution in [3.05, 3.63) is 60.0 Å². The number of nitrogens with zero attached hydrogens (tertiary/aromatic N) is 3. The first-order valence-electron chi connectivity index (χ1n) is 8.23. The predicted molar refractivity (Wildman–Crippen MR) is 103 cm³/mol. The van der Waals surface area contributed by atoms with E-state index in [-0.39, 0.29) is 17.4 Å². The average molecular weight is 377 g/mol. The third-order valence-electron chi connectivity index (χ3n) is 4.38. The van der Waals surface area contributed by atoms with Gasteiger partial charge in [0.1, 0.15) is 11.3 Å². The fraction of sp³-hybridized carbons (Fsp3) is 0.0526. The molecule has 8 heteroatoms. The highest BCUT2D eigenvalue weighted by atomic mass is 32.2. The topological polar surface area (TPSA) is 87.3 Å². The van der Waals surface area contributed by atoms with E-state index in [0.717, 1.165) is 16.4 Å². The van der Waals surface area contributed by atoms with Crippen molar-refractivity contribution >= 4 is 50.5 Å². The Morgan fingerprint density at radius 2 is 1.96 bits per heavy atom. The summed E-state index contributed by atoms with van der Waals surface area (Å²) in [5, 5.41) is 10.2. The standard InChI is InChI=1S/C19H12FN5OS/c20-10-5-6-15-12(7-10)17-18(22-15)23-19(25-24-17)27-9-16(26)13-8-21-14-4-2-1-3-11(13)14/h1-8,21H,9H2,(H,22,23,25). The number of halogens is 1. The Hall–Kier alpha value is -3.26. The number of Topliss-reactive ketones (excluding diaryl/α,β-unsaturated/α-hetero) is 1. The van der Waals surface area contributed by atoms with Crippen molar-refractivity contribution in [3.63, 3.8) is 0 Å². The van der Waals surface area contributed by atoms with Crippen LogP contribution in [-0.2, 0) is 0 Å². The normalized spacial score (nSPS) is 11.6. The van der Waals surface area contributed by atoms with Gasteiger partial charge in [-0.15, -0.1) is 10.2 Å². The lowest BCUT2D eigenvalue weighted by atomic mass is 10.1. The van der Waals surface area contributed by atoms with Crippen LogP contribution in [0.1, 0.15) is 10.4 Å². The molecule has 3 heterocycles. The van der Waals surface area contributed by atoms with Crippen LogP contribution in [0, 0.1) is 5.82 Å². The van der Waals surface area contributed by atoms with Crippen LogP contribution in [0.3, 0.4) is 0 Å². The molecule has 0 aliphatic heterocycles. The lowest BCUT2D eigenvalue weighted by Crippen LogP contribution is -2.03. The third-order valence-corrected chi connectivity index (χ3v) is 5.22. The van der Waals surface area contributed by atoms with Gasteiger partial charge in [-0.3, -0.25) is 4.79 Å². The van der Waals surface area contributed by atoms with Crippen molar-refractivity contribution in [3.8, 4) is 0 Å². The second kappa shape index (κ2) is 6.17. The largest absolute Gasteiger partial charge is 0.360 e. The fourth-order valence-electron chi connectivity index (χ4n) is 3.10. The van der Waals surface area contributed by atoms with E-state index in [1.807, 2.05) is 24.3 Å². The number of rotatable bonds is 4. The maximum Gasteiger partial charge on any atom is 0.211 e. The van der Waals surface area contributed by atoms with E-state index in [2.05, 4.69) is 25.1 Å². The lowest BCUT2D eigenvalue weighted by molar-refractivity contribution is 0.102. The quantitative estimate of drug-likeness (QED) is 0.364. The van der Waals surface area contributed by atoms with Gasteiger partial charge in [0.05, 0.1) is 5.75 Å². The Kier molecular flexibility index (Phi) is 3.64. The molecule has 0 aliphatic rings. The molecule has 0 saturated carbocycles. The van der Waals surface area contributed by atoms with Crippen LogP contribution < -0.4 is 0 Å². The van der Waals surface area contributed by atoms with Crippen molar-refractivity contribution < 1.29 is 9.18 Å². The summed E-state index contributed by atoms with van der Waals surface area (Å²) >= 11 is 1.22. The van der Waals surface area contributed by atoms with Crippen LogP contribution in [0.2, 0.25) is 0 Å². The number of ketones is 1. The van der Waals surface area contributed by atoms with Gasteiger partial charge in [0.2, 0.25) is 5.16 Å². The van der Waals surface area contributed by atoms with E-state index in [1.165, 1.54) is 23.9 Å². The van der Waals surface area contributed by atoms with Crippen LogP contribution in [-0.4, -0.2) is 36.7 Å². The van der Waals surface area contributed by atoms with Crippen LogP contribution in [0.5, 0.6) is 0 Å². The molecule has 0 unspecified atom stereocenters. The number of para-hydroxylation sites is 1. The minimum Gasteiger partial charge on any atom is -0.360 e. The molecule has 27 heavy (non-hydrogen) atoms. The van der Waals surface area contributed by atoms with Crippen molar-refractivity contribution in [2.24, 2.45) is 0 Å². The summed E-state index contributed by atoms with van der Waals surface area (Å²) < 4.78 is 13.4. The van der Waals surface area contributed by atoms with Crippen molar-refractivity contribution in [1.82, 2.24) is 25.1 Å². The molecular weight excluding hydrogens is 365 g/mol. The van der Waals surface area contributed by atoms with Crippen LogP contribution in [0.15, 0.2) is 53.8 Å². The van der Waals surface area contributed by atoms with Crippen molar-refractivity contribution in [2.75, 3.05) is 5.75 Å². The molecule has 3 aromatic heterocycles. The van der Waals surface area contributed by atoms with E-state index in [0.29, 0.717) is 27.3 Å². The number of nitrogens with one attached hydrogen (secondary N) is 2. The van der Waals surface area contributed by atoms with Gasteiger partial charge >= 0.3 is 0 Å². The molecule has 132 valence electrons. The molecule has 0 spiro atoms. The molecule has 0 fully saturated rings. The number of hydrogen-bond acceptors (Lipinski definition) is 5. The van der Waals surface area contributed by atoms with Gasteiger partial charge in [0.15, 0.2) is 11.4 Å². The van der Waals surface area contributed by atoms with E-state index in [1.54, 1.807) is 12.3 Å². The Bertz CT molecular complexity index is 1330. The summed E-state index contributed by atoms with van der Waals surface area (Å²) in [5.74, 6) is -0.156. The first kappa shape index (κ1) is 16.0. The number of benzene rings is 2. The smallest absolute Gasteiger partial charge is 0.211 e. The summed E-state index contributed by atoms with van der Waals surface area (Å²) in [6.45, 7) is 0. The first-order valence-corrected chi connectivity index (χ1v) is 9.21. The monoisotopic (exact) mass is 377 g/mol. The summed E-state index contributed by atoms with van der Waals surface area (Å²) in [6, 6.07) is 12.1. The van der Waals surface area contributed by atoms with Gasteiger partial charge in [0, 0.05) is 33.6 Å². The molecule has 5 aromatic rings. The molecular formula is C19H12FN5OS. The van der Waals surface area contributed by atoms with Gasteiger partial charge in [0.25, 0.3) is 0 Å². The number of hydrogen-bond donors (Lipinski definition) is 2. The average Bonchev–Trinajstić information content (AvgIpc) is 3.27. The maximum atomic E-state index is 13.4. The molecule has 5 rings (SSSR count). The van der Waals surface area contributed by atoms with Gasteiger partial charge in [-0.05, 0) is 24.3 Å². The summed E-state index contributed by atoms with van der Waals surface area (Å²) in [5.41, 5.74) is 3.35. The number of aromatic amines is 2. The number of aromatic nitrogens is 5. The Morgan fingerprint density at radius 1 is 1.07 bits per heavy atom. The van der Waals surface area contributed by atoms with E-state index >= 15 is 0 Å². The van der Waals surface area contributed by atoms with Gasteiger partial charge in [-0.2, -0.15) is 0 Å². The van der Waals surface area contributed by atoms with E-state index < -0.39 is 0 Å². The number of carbonyl (C=O) groups is 1. The fourth-order valence-corrected chi connectivity index (χ4v) is 3.77. The second-order valence-electron chi connectivity index (χ2n) is 6.07. The number of H-pyrrole nitrogens is 2. The Labute approximate surface area is 156 Å². The van der Waals surface area contributed by atoms with Crippen LogP contribution in [0.4, 0.5) is 4.39 Å². The van der Waals surface area contributed by atoms with Gasteiger partial charge < -0.3 is 9.97 Å². The minimum absolute atomic E-state index is 0.0140. The SMILES string of the molecule is O=C(CSc1nnc2c(n1)[nH]c1ccc(F)cc12)c1c[nH]c2ccccc12. The Balaban J connectivity index is 1.41. The highest BCUT2D eigenvalue weighted by Crippen LogP contribution is 2.25. The summed E-state index contributed by atoms with van der Waals surface area (Å²) in [7, 11) is 0. The molecule has 0 amide bonds. The molecule has 0 radical (unpaired) electrons. The predicted octanol–water partition coefficient (Wildman–Crippen LogP) is 4.10. The number of fused-ring (bicyclic) bond motifs is 4. The zero-order valence-electron chi connectivity index (χ0n) is 13.9. The molecule has 0 atom stereocenters. The first-order chi connectivity index (χ1) is 13.2. The van der Waals surface area contributed by atoms with Gasteiger partial charge in [-0.25, -0.2) is 9.37 Å². The lowest BCUT2D eigenvalue weighted by Gasteiger charge is -1.99. The maximum absolute atomic E-state index is 13.4. The zero-order chi connectivity index (χ0) is 18.4. The molecule has 0 saturated heterocycles. The van der Waals surface area contributed by atoms with Crippen LogP contribution >= 0.6 is 11.8 Å².